The van der Waals surface area contributed by atoms with Crippen LogP contribution in [0.3, 0.4) is 0 Å². The van der Waals surface area contributed by atoms with Crippen LogP contribution in [-0.4, -0.2) is 11.7 Å². The Balaban J connectivity index is 2.15. The van der Waals surface area contributed by atoms with Gasteiger partial charge < -0.3 is 9.47 Å². The second-order valence-electron chi connectivity index (χ2n) is 4.60. The van der Waals surface area contributed by atoms with E-state index in [9.17, 15) is 5.26 Å². The highest BCUT2D eigenvalue weighted by Crippen LogP contribution is 2.35. The Morgan fingerprint density at radius 2 is 1.59 bits per heavy atom. The second-order valence-corrected chi connectivity index (χ2v) is 4.60. The van der Waals surface area contributed by atoms with Crippen molar-refractivity contribution in [3.8, 4) is 29.3 Å². The minimum Gasteiger partial charge on any atom is -0.482 e. The zero-order valence-corrected chi connectivity index (χ0v) is 12.1. The number of benzene rings is 2. The number of nitriles is 1. The highest BCUT2D eigenvalue weighted by atomic mass is 16.5. The van der Waals surface area contributed by atoms with E-state index in [1.54, 1.807) is 17.7 Å². The van der Waals surface area contributed by atoms with Crippen LogP contribution >= 0.6 is 0 Å². The minimum absolute atomic E-state index is 0.421. The predicted molar refractivity (Wildman–Crippen MR) is 83.6 cm³/mol. The number of para-hydroxylation sites is 2. The molecular formula is C18H14N2O2. The second kappa shape index (κ2) is 6.06. The number of aromatic nitrogens is 1. The maximum absolute atomic E-state index is 9.38. The fourth-order valence-corrected chi connectivity index (χ4v) is 2.22. The molecule has 0 aliphatic carbocycles. The largest absolute Gasteiger partial charge is 0.482 e. The van der Waals surface area contributed by atoms with E-state index in [1.165, 1.54) is 0 Å². The molecule has 22 heavy (non-hydrogen) atoms. The van der Waals surface area contributed by atoms with E-state index in [0.29, 0.717) is 23.1 Å². The summed E-state index contributed by atoms with van der Waals surface area (Å²) in [4.78, 5) is 0. The molecule has 1 aromatic heterocycles. The Morgan fingerprint density at radius 1 is 0.955 bits per heavy atom. The molecule has 0 spiro atoms. The van der Waals surface area contributed by atoms with E-state index in [0.717, 1.165) is 5.69 Å². The summed E-state index contributed by atoms with van der Waals surface area (Å²) in [6, 6.07) is 22.8. The fraction of sp³-hybridized carbons (Fsp3) is 0.0556. The first kappa shape index (κ1) is 13.8. The summed E-state index contributed by atoms with van der Waals surface area (Å²) in [5.41, 5.74) is 1.29. The van der Waals surface area contributed by atoms with Crippen molar-refractivity contribution in [2.45, 2.75) is 0 Å². The summed E-state index contributed by atoms with van der Waals surface area (Å²) in [7, 11) is 1.57. The monoisotopic (exact) mass is 290 g/mol. The van der Waals surface area contributed by atoms with Gasteiger partial charge in [-0.3, -0.25) is 0 Å². The molecule has 0 saturated carbocycles. The highest BCUT2D eigenvalue weighted by Gasteiger charge is 2.19. The lowest BCUT2D eigenvalue weighted by atomic mass is 10.3. The molecule has 0 amide bonds. The van der Waals surface area contributed by atoms with Crippen LogP contribution in [0.15, 0.2) is 66.7 Å². The van der Waals surface area contributed by atoms with Gasteiger partial charge in [0.15, 0.2) is 0 Å². The lowest BCUT2D eigenvalue weighted by molar-refractivity contribution is 0.375. The average Bonchev–Trinajstić information content (AvgIpc) is 2.94. The molecule has 108 valence electrons. The van der Waals surface area contributed by atoms with Crippen LogP contribution in [0.5, 0.6) is 17.5 Å². The van der Waals surface area contributed by atoms with E-state index in [2.05, 4.69) is 6.07 Å². The molecule has 3 aromatic rings. The van der Waals surface area contributed by atoms with Gasteiger partial charge in [0.2, 0.25) is 11.8 Å². The van der Waals surface area contributed by atoms with E-state index in [1.807, 2.05) is 60.7 Å². The van der Waals surface area contributed by atoms with Crippen LogP contribution in [-0.2, 0) is 0 Å². The lowest BCUT2D eigenvalue weighted by Crippen LogP contribution is -2.00. The third kappa shape index (κ3) is 2.52. The molecule has 0 atom stereocenters. The lowest BCUT2D eigenvalue weighted by Gasteiger charge is -2.13. The minimum atomic E-state index is 0.421. The number of nitrogens with zero attached hydrogens (tertiary/aromatic N) is 2. The standard InChI is InChI=1S/C18H14N2O2/c1-21-17-12-14(13-19)18(22-16-10-6-3-7-11-16)20(17)15-8-4-2-5-9-15/h2-12H,1H3. The summed E-state index contributed by atoms with van der Waals surface area (Å²) in [6.07, 6.45) is 0. The summed E-state index contributed by atoms with van der Waals surface area (Å²) in [5, 5.41) is 9.38. The Kier molecular flexibility index (Phi) is 3.80. The SMILES string of the molecule is COc1cc(C#N)c(Oc2ccccc2)n1-c1ccccc1. The molecule has 2 aromatic carbocycles. The average molecular weight is 290 g/mol. The Bertz CT molecular complexity index is 802. The summed E-state index contributed by atoms with van der Waals surface area (Å²) < 4.78 is 13.1. The third-order valence-electron chi connectivity index (χ3n) is 3.22. The van der Waals surface area contributed by atoms with Gasteiger partial charge in [-0.2, -0.15) is 5.26 Å². The number of ether oxygens (including phenoxy) is 2. The van der Waals surface area contributed by atoms with Crippen molar-refractivity contribution in [3.63, 3.8) is 0 Å². The third-order valence-corrected chi connectivity index (χ3v) is 3.22. The van der Waals surface area contributed by atoms with Crippen molar-refractivity contribution in [3.05, 3.63) is 72.3 Å². The van der Waals surface area contributed by atoms with Crippen molar-refractivity contribution in [2.24, 2.45) is 0 Å². The summed E-state index contributed by atoms with van der Waals surface area (Å²) >= 11 is 0. The molecule has 0 aliphatic heterocycles. The zero-order chi connectivity index (χ0) is 15.4. The van der Waals surface area contributed by atoms with Crippen molar-refractivity contribution < 1.29 is 9.47 Å². The van der Waals surface area contributed by atoms with Crippen LogP contribution in [0.2, 0.25) is 0 Å². The molecule has 0 fully saturated rings. The van der Waals surface area contributed by atoms with Crippen molar-refractivity contribution in [1.29, 1.82) is 5.26 Å². The van der Waals surface area contributed by atoms with Gasteiger partial charge in [0.05, 0.1) is 12.8 Å². The molecule has 3 rings (SSSR count). The van der Waals surface area contributed by atoms with Gasteiger partial charge in [-0.05, 0) is 24.3 Å². The fourth-order valence-electron chi connectivity index (χ4n) is 2.22. The Labute approximate surface area is 128 Å². The van der Waals surface area contributed by atoms with Crippen LogP contribution in [0, 0.1) is 11.3 Å². The first-order chi connectivity index (χ1) is 10.8. The van der Waals surface area contributed by atoms with Crippen LogP contribution in [0.1, 0.15) is 5.56 Å². The number of methoxy groups -OCH3 is 1. The number of rotatable bonds is 4. The van der Waals surface area contributed by atoms with Crippen LogP contribution < -0.4 is 9.47 Å². The van der Waals surface area contributed by atoms with Crippen molar-refractivity contribution in [1.82, 2.24) is 4.57 Å². The summed E-state index contributed by atoms with van der Waals surface area (Å²) in [6.45, 7) is 0. The van der Waals surface area contributed by atoms with E-state index < -0.39 is 0 Å². The quantitative estimate of drug-likeness (QED) is 0.725. The van der Waals surface area contributed by atoms with Crippen LogP contribution in [0.25, 0.3) is 5.69 Å². The molecular weight excluding hydrogens is 276 g/mol. The molecule has 4 heteroatoms. The van der Waals surface area contributed by atoms with Gasteiger partial charge in [-0.25, -0.2) is 4.57 Å². The maximum Gasteiger partial charge on any atom is 0.225 e. The summed E-state index contributed by atoms with van der Waals surface area (Å²) in [5.74, 6) is 1.65. The highest BCUT2D eigenvalue weighted by molar-refractivity contribution is 5.53. The molecule has 0 saturated heterocycles. The van der Waals surface area contributed by atoms with Gasteiger partial charge in [0.25, 0.3) is 0 Å². The molecule has 0 N–H and O–H groups in total. The molecule has 0 unspecified atom stereocenters. The first-order valence-electron chi connectivity index (χ1n) is 6.81. The molecule has 0 radical (unpaired) electrons. The van der Waals surface area contributed by atoms with Gasteiger partial charge >= 0.3 is 0 Å². The zero-order valence-electron chi connectivity index (χ0n) is 12.1. The molecule has 4 nitrogen and oxygen atoms in total. The van der Waals surface area contributed by atoms with Crippen LogP contribution in [0.4, 0.5) is 0 Å². The molecule has 0 aliphatic rings. The van der Waals surface area contributed by atoms with E-state index >= 15 is 0 Å². The molecule has 1 heterocycles. The Morgan fingerprint density at radius 3 is 2.18 bits per heavy atom. The van der Waals surface area contributed by atoms with Gasteiger partial charge in [0, 0.05) is 6.07 Å². The number of hydrogen-bond donors (Lipinski definition) is 0. The van der Waals surface area contributed by atoms with Crippen molar-refractivity contribution in [2.75, 3.05) is 7.11 Å². The van der Waals surface area contributed by atoms with E-state index in [4.69, 9.17) is 9.47 Å². The maximum atomic E-state index is 9.38. The smallest absolute Gasteiger partial charge is 0.225 e. The van der Waals surface area contributed by atoms with Gasteiger partial charge in [0.1, 0.15) is 17.4 Å². The normalized spacial score (nSPS) is 10.0. The van der Waals surface area contributed by atoms with Gasteiger partial charge in [-0.15, -0.1) is 0 Å². The Hall–Kier alpha value is -3.19. The topological polar surface area (TPSA) is 47.2 Å². The number of hydrogen-bond acceptors (Lipinski definition) is 3. The van der Waals surface area contributed by atoms with Gasteiger partial charge in [-0.1, -0.05) is 36.4 Å². The van der Waals surface area contributed by atoms with Crippen molar-refractivity contribution >= 4 is 0 Å². The van der Waals surface area contributed by atoms with E-state index in [-0.39, 0.29) is 0 Å². The molecule has 0 bridgehead atoms. The predicted octanol–water partition coefficient (Wildman–Crippen LogP) is 4.15. The first-order valence-corrected chi connectivity index (χ1v) is 6.81.